The van der Waals surface area contributed by atoms with E-state index in [4.69, 9.17) is 4.74 Å². The van der Waals surface area contributed by atoms with E-state index >= 15 is 0 Å². The minimum Gasteiger partial charge on any atom is -0.443 e. The Balaban J connectivity index is 2.23. The summed E-state index contributed by atoms with van der Waals surface area (Å²) in [5.74, 6) is 0.0261. The van der Waals surface area contributed by atoms with Gasteiger partial charge in [-0.3, -0.25) is 9.69 Å². The highest BCUT2D eigenvalue weighted by molar-refractivity contribution is 7.10. The maximum Gasteiger partial charge on any atom is 0.414 e. The zero-order valence-corrected chi connectivity index (χ0v) is 12.1. The quantitative estimate of drug-likeness (QED) is 0.790. The van der Waals surface area contributed by atoms with E-state index in [2.05, 4.69) is 0 Å². The summed E-state index contributed by atoms with van der Waals surface area (Å²) >= 11 is 1.54. The number of ether oxygens (including phenoxy) is 1. The largest absolute Gasteiger partial charge is 0.443 e. The van der Waals surface area contributed by atoms with Crippen LogP contribution in [-0.2, 0) is 9.53 Å². The van der Waals surface area contributed by atoms with Gasteiger partial charge >= 0.3 is 6.09 Å². The molecule has 1 unspecified atom stereocenters. The molecular formula is C14H17NO3S. The molecule has 1 atom stereocenters. The highest BCUT2D eigenvalue weighted by atomic mass is 32.1. The van der Waals surface area contributed by atoms with Gasteiger partial charge in [0.15, 0.2) is 5.78 Å². The molecule has 0 aliphatic carbocycles. The van der Waals surface area contributed by atoms with Crippen molar-refractivity contribution in [2.45, 2.75) is 38.8 Å². The Hall–Kier alpha value is -1.62. The van der Waals surface area contributed by atoms with Crippen LogP contribution < -0.4 is 0 Å². The summed E-state index contributed by atoms with van der Waals surface area (Å²) in [6.07, 6.45) is 2.82. The Labute approximate surface area is 116 Å². The first-order chi connectivity index (χ1) is 8.87. The van der Waals surface area contributed by atoms with Gasteiger partial charge < -0.3 is 4.74 Å². The van der Waals surface area contributed by atoms with Crippen molar-refractivity contribution in [3.63, 3.8) is 0 Å². The van der Waals surface area contributed by atoms with E-state index in [0.717, 1.165) is 4.88 Å². The second-order valence-electron chi connectivity index (χ2n) is 5.41. The van der Waals surface area contributed by atoms with Gasteiger partial charge in [-0.05, 0) is 38.3 Å². The molecule has 1 aliphatic heterocycles. The molecule has 1 amide bonds. The number of hydrogen-bond donors (Lipinski definition) is 0. The van der Waals surface area contributed by atoms with E-state index in [1.807, 2.05) is 38.3 Å². The van der Waals surface area contributed by atoms with Crippen LogP contribution in [-0.4, -0.2) is 22.4 Å². The Kier molecular flexibility index (Phi) is 3.75. The molecule has 2 heterocycles. The summed E-state index contributed by atoms with van der Waals surface area (Å²) in [5, 5.41) is 1.94. The Morgan fingerprint density at radius 3 is 2.79 bits per heavy atom. The lowest BCUT2D eigenvalue weighted by molar-refractivity contribution is -0.116. The fourth-order valence-electron chi connectivity index (χ4n) is 1.85. The number of nitrogens with zero attached hydrogens (tertiary/aromatic N) is 1. The van der Waals surface area contributed by atoms with Crippen molar-refractivity contribution >= 4 is 23.2 Å². The van der Waals surface area contributed by atoms with Crippen LogP contribution in [0.4, 0.5) is 4.79 Å². The normalized spacial score (nSPS) is 19.6. The van der Waals surface area contributed by atoms with Crippen LogP contribution in [0.5, 0.6) is 0 Å². The van der Waals surface area contributed by atoms with E-state index in [1.54, 1.807) is 0 Å². The summed E-state index contributed by atoms with van der Waals surface area (Å²) in [6.45, 7) is 5.47. The van der Waals surface area contributed by atoms with Crippen molar-refractivity contribution in [3.8, 4) is 0 Å². The highest BCUT2D eigenvalue weighted by Crippen LogP contribution is 2.32. The summed E-state index contributed by atoms with van der Waals surface area (Å²) in [7, 11) is 0. The third-order valence-electron chi connectivity index (χ3n) is 2.63. The number of thiophene rings is 1. The Morgan fingerprint density at radius 2 is 2.21 bits per heavy atom. The highest BCUT2D eigenvalue weighted by Gasteiger charge is 2.32. The lowest BCUT2D eigenvalue weighted by Crippen LogP contribution is -2.38. The van der Waals surface area contributed by atoms with Gasteiger partial charge in [0.2, 0.25) is 0 Å². The topological polar surface area (TPSA) is 46.6 Å². The molecule has 2 rings (SSSR count). The van der Waals surface area contributed by atoms with Crippen LogP contribution in [0.1, 0.15) is 38.1 Å². The van der Waals surface area contributed by atoms with Gasteiger partial charge in [0.1, 0.15) is 5.60 Å². The van der Waals surface area contributed by atoms with E-state index < -0.39 is 11.7 Å². The molecule has 0 spiro atoms. The number of carbonyl (C=O) groups is 2. The predicted molar refractivity (Wildman–Crippen MR) is 73.9 cm³/mol. The van der Waals surface area contributed by atoms with Crippen molar-refractivity contribution in [2.24, 2.45) is 0 Å². The lowest BCUT2D eigenvalue weighted by atomic mass is 10.0. The molecule has 0 radical (unpaired) electrons. The van der Waals surface area contributed by atoms with E-state index in [-0.39, 0.29) is 11.8 Å². The predicted octanol–water partition coefficient (Wildman–Crippen LogP) is 3.51. The Bertz CT molecular complexity index is 499. The van der Waals surface area contributed by atoms with Crippen LogP contribution in [0.25, 0.3) is 0 Å². The maximum atomic E-state index is 12.2. The van der Waals surface area contributed by atoms with Gasteiger partial charge in [0.05, 0.1) is 6.04 Å². The maximum absolute atomic E-state index is 12.2. The van der Waals surface area contributed by atoms with Gasteiger partial charge in [-0.25, -0.2) is 4.79 Å². The molecule has 102 valence electrons. The van der Waals surface area contributed by atoms with Gasteiger partial charge in [-0.1, -0.05) is 6.07 Å². The smallest absolute Gasteiger partial charge is 0.414 e. The van der Waals surface area contributed by atoms with Crippen LogP contribution in [0.15, 0.2) is 29.8 Å². The average Bonchev–Trinajstić information content (AvgIpc) is 2.79. The molecule has 19 heavy (non-hydrogen) atoms. The monoisotopic (exact) mass is 279 g/mol. The number of amides is 1. The average molecular weight is 279 g/mol. The van der Waals surface area contributed by atoms with E-state index in [1.165, 1.54) is 28.5 Å². The molecule has 0 bridgehead atoms. The second kappa shape index (κ2) is 5.17. The first kappa shape index (κ1) is 13.8. The number of carbonyl (C=O) groups excluding carboxylic acids is 2. The van der Waals surface area contributed by atoms with Crippen LogP contribution in [0.3, 0.4) is 0 Å². The van der Waals surface area contributed by atoms with Gasteiger partial charge in [0.25, 0.3) is 0 Å². The van der Waals surface area contributed by atoms with E-state index in [9.17, 15) is 9.59 Å². The molecule has 0 N–H and O–H groups in total. The van der Waals surface area contributed by atoms with E-state index in [0.29, 0.717) is 6.42 Å². The molecule has 0 saturated heterocycles. The van der Waals surface area contributed by atoms with Crippen molar-refractivity contribution < 1.29 is 14.3 Å². The minimum atomic E-state index is -0.549. The Morgan fingerprint density at radius 1 is 1.47 bits per heavy atom. The van der Waals surface area contributed by atoms with Crippen molar-refractivity contribution in [1.29, 1.82) is 0 Å². The van der Waals surface area contributed by atoms with Crippen molar-refractivity contribution in [3.05, 3.63) is 34.7 Å². The SMILES string of the molecule is CC(C)(C)OC(=O)N1C=CC(=O)CC1c1cccs1. The zero-order chi connectivity index (χ0) is 14.0. The molecule has 0 aromatic carbocycles. The molecule has 0 saturated carbocycles. The van der Waals surface area contributed by atoms with Crippen molar-refractivity contribution in [2.75, 3.05) is 0 Å². The third-order valence-corrected chi connectivity index (χ3v) is 3.60. The number of ketones is 1. The fourth-order valence-corrected chi connectivity index (χ4v) is 2.67. The molecular weight excluding hydrogens is 262 g/mol. The van der Waals surface area contributed by atoms with Gasteiger partial charge in [-0.2, -0.15) is 0 Å². The van der Waals surface area contributed by atoms with Crippen LogP contribution in [0, 0.1) is 0 Å². The molecule has 1 aromatic heterocycles. The number of allylic oxidation sites excluding steroid dienone is 1. The standard InChI is InChI=1S/C14H17NO3S/c1-14(2,3)18-13(17)15-7-6-10(16)9-11(15)12-5-4-8-19-12/h4-8,11H,9H2,1-3H3. The van der Waals surface area contributed by atoms with Gasteiger partial charge in [0, 0.05) is 17.5 Å². The summed E-state index contributed by atoms with van der Waals surface area (Å²) < 4.78 is 5.37. The minimum absolute atomic E-state index is 0.0261. The van der Waals surface area contributed by atoms with Crippen LogP contribution in [0.2, 0.25) is 0 Å². The van der Waals surface area contributed by atoms with Crippen molar-refractivity contribution in [1.82, 2.24) is 4.90 Å². The van der Waals surface area contributed by atoms with Gasteiger partial charge in [-0.15, -0.1) is 11.3 Å². The molecule has 1 aromatic rings. The molecule has 0 fully saturated rings. The third kappa shape index (κ3) is 3.44. The molecule has 5 heteroatoms. The first-order valence-corrected chi connectivity index (χ1v) is 7.00. The number of hydrogen-bond acceptors (Lipinski definition) is 4. The van der Waals surface area contributed by atoms with Crippen LogP contribution >= 0.6 is 11.3 Å². The summed E-state index contributed by atoms with van der Waals surface area (Å²) in [5.41, 5.74) is -0.549. The summed E-state index contributed by atoms with van der Waals surface area (Å²) in [6, 6.07) is 3.59. The lowest BCUT2D eigenvalue weighted by Gasteiger charge is -2.32. The molecule has 4 nitrogen and oxygen atoms in total. The fraction of sp³-hybridized carbons (Fsp3) is 0.429. The summed E-state index contributed by atoms with van der Waals surface area (Å²) in [4.78, 5) is 26.2. The second-order valence-corrected chi connectivity index (χ2v) is 6.38. The first-order valence-electron chi connectivity index (χ1n) is 6.12. The molecule has 1 aliphatic rings. The number of rotatable bonds is 1. The zero-order valence-electron chi connectivity index (χ0n) is 11.3.